The van der Waals surface area contributed by atoms with Gasteiger partial charge in [0.15, 0.2) is 0 Å². The lowest BCUT2D eigenvalue weighted by atomic mass is 10.0. The van der Waals surface area contributed by atoms with Gasteiger partial charge in [-0.15, -0.1) is 0 Å². The number of nitrogens with one attached hydrogen (secondary N) is 1. The number of aromatic nitrogens is 1. The predicted octanol–water partition coefficient (Wildman–Crippen LogP) is 3.08. The highest BCUT2D eigenvalue weighted by Crippen LogP contribution is 2.22. The molecule has 0 atom stereocenters. The highest BCUT2D eigenvalue weighted by atomic mass is 16.5. The Bertz CT molecular complexity index is 449. The maximum atomic E-state index is 6.09. The molecule has 1 aromatic heterocycles. The maximum absolute atomic E-state index is 6.09. The number of pyridine rings is 1. The number of hydrogen-bond donors (Lipinski definition) is 1. The third-order valence-corrected chi connectivity index (χ3v) is 3.71. The minimum atomic E-state index is 0.0862. The summed E-state index contributed by atoms with van der Waals surface area (Å²) < 4.78 is 11.5. The Kier molecular flexibility index (Phi) is 5.59. The fourth-order valence-corrected chi connectivity index (χ4v) is 2.31. The molecular weight excluding hydrogens is 264 g/mol. The second-order valence-corrected chi connectivity index (χ2v) is 6.90. The fraction of sp³-hybridized carbons (Fsp3) is 0.706. The van der Waals surface area contributed by atoms with Crippen molar-refractivity contribution in [3.63, 3.8) is 0 Å². The van der Waals surface area contributed by atoms with Crippen molar-refractivity contribution < 1.29 is 9.47 Å². The molecule has 1 N–H and O–H groups in total. The minimum absolute atomic E-state index is 0.0862. The van der Waals surface area contributed by atoms with Crippen molar-refractivity contribution in [1.29, 1.82) is 0 Å². The van der Waals surface area contributed by atoms with E-state index in [-0.39, 0.29) is 5.54 Å². The average Bonchev–Trinajstić information content (AvgIpc) is 2.44. The number of ether oxygens (including phenoxy) is 2. The number of nitrogens with zero attached hydrogens (tertiary/aromatic N) is 1. The van der Waals surface area contributed by atoms with Gasteiger partial charge in [0, 0.05) is 48.8 Å². The Morgan fingerprint density at radius 2 is 2.05 bits per heavy atom. The van der Waals surface area contributed by atoms with E-state index in [0.717, 1.165) is 56.2 Å². The van der Waals surface area contributed by atoms with Crippen molar-refractivity contribution >= 4 is 0 Å². The summed E-state index contributed by atoms with van der Waals surface area (Å²) in [7, 11) is 0. The lowest BCUT2D eigenvalue weighted by molar-refractivity contribution is 0.0495. The van der Waals surface area contributed by atoms with Gasteiger partial charge in [0.05, 0.1) is 6.61 Å². The van der Waals surface area contributed by atoms with E-state index >= 15 is 0 Å². The zero-order valence-electron chi connectivity index (χ0n) is 13.7. The number of rotatable bonds is 5. The van der Waals surface area contributed by atoms with E-state index in [2.05, 4.69) is 31.1 Å². The first-order valence-electron chi connectivity index (χ1n) is 7.85. The van der Waals surface area contributed by atoms with E-state index in [0.29, 0.717) is 5.92 Å². The summed E-state index contributed by atoms with van der Waals surface area (Å²) >= 11 is 0. The molecule has 1 fully saturated rings. The van der Waals surface area contributed by atoms with Gasteiger partial charge in [-0.05, 0) is 46.5 Å². The summed E-state index contributed by atoms with van der Waals surface area (Å²) in [6.07, 6.45) is 4.12. The van der Waals surface area contributed by atoms with Gasteiger partial charge in [0.1, 0.15) is 5.75 Å². The molecule has 21 heavy (non-hydrogen) atoms. The van der Waals surface area contributed by atoms with Crippen LogP contribution >= 0.6 is 0 Å². The van der Waals surface area contributed by atoms with Crippen LogP contribution in [0.2, 0.25) is 0 Å². The van der Waals surface area contributed by atoms with Gasteiger partial charge >= 0.3 is 0 Å². The Hall–Kier alpha value is -1.13. The van der Waals surface area contributed by atoms with Crippen molar-refractivity contribution in [2.24, 2.45) is 5.92 Å². The molecule has 4 nitrogen and oxygen atoms in total. The molecule has 0 bridgehead atoms. The summed E-state index contributed by atoms with van der Waals surface area (Å²) in [4.78, 5) is 4.40. The third-order valence-electron chi connectivity index (χ3n) is 3.71. The molecule has 1 saturated heterocycles. The zero-order valence-corrected chi connectivity index (χ0v) is 13.7. The van der Waals surface area contributed by atoms with Crippen molar-refractivity contribution in [3.05, 3.63) is 23.5 Å². The first-order chi connectivity index (χ1) is 9.94. The van der Waals surface area contributed by atoms with E-state index in [9.17, 15) is 0 Å². The van der Waals surface area contributed by atoms with Gasteiger partial charge in [-0.1, -0.05) is 0 Å². The molecule has 0 unspecified atom stereocenters. The molecule has 118 valence electrons. The van der Waals surface area contributed by atoms with Crippen LogP contribution in [0.3, 0.4) is 0 Å². The Morgan fingerprint density at radius 3 is 2.71 bits per heavy atom. The minimum Gasteiger partial charge on any atom is -0.493 e. The van der Waals surface area contributed by atoms with E-state index in [1.165, 1.54) is 0 Å². The molecule has 1 aliphatic heterocycles. The predicted molar refractivity (Wildman–Crippen MR) is 84.6 cm³/mol. The van der Waals surface area contributed by atoms with Gasteiger partial charge in [0.25, 0.3) is 0 Å². The molecule has 0 aromatic carbocycles. The Balaban J connectivity index is 1.97. The van der Waals surface area contributed by atoms with Gasteiger partial charge in [0.2, 0.25) is 0 Å². The van der Waals surface area contributed by atoms with E-state index in [1.807, 2.05) is 19.2 Å². The molecular formula is C17H28N2O2. The van der Waals surface area contributed by atoms with Crippen LogP contribution in [0.4, 0.5) is 0 Å². The molecule has 0 radical (unpaired) electrons. The van der Waals surface area contributed by atoms with Gasteiger partial charge in [-0.25, -0.2) is 0 Å². The second-order valence-electron chi connectivity index (χ2n) is 6.90. The number of aryl methyl sites for hydroxylation is 1. The molecule has 2 heterocycles. The SMILES string of the molecule is Cc1cc(OCC2CCOCC2)c(CNC(C)(C)C)cn1. The molecule has 0 aliphatic carbocycles. The standard InChI is InChI=1S/C17H28N2O2/c1-13-9-16(21-12-14-5-7-20-8-6-14)15(10-18-13)11-19-17(2,3)4/h9-10,14,19H,5-8,11-12H2,1-4H3. The maximum Gasteiger partial charge on any atom is 0.127 e. The molecule has 0 amide bonds. The van der Waals surface area contributed by atoms with Gasteiger partial charge < -0.3 is 14.8 Å². The van der Waals surface area contributed by atoms with Crippen LogP contribution in [0.15, 0.2) is 12.3 Å². The van der Waals surface area contributed by atoms with E-state index in [1.54, 1.807) is 0 Å². The highest BCUT2D eigenvalue weighted by molar-refractivity contribution is 5.33. The Morgan fingerprint density at radius 1 is 1.33 bits per heavy atom. The molecule has 1 aromatic rings. The van der Waals surface area contributed by atoms with Crippen LogP contribution in [0, 0.1) is 12.8 Å². The van der Waals surface area contributed by atoms with E-state index in [4.69, 9.17) is 9.47 Å². The van der Waals surface area contributed by atoms with Crippen LogP contribution in [0.5, 0.6) is 5.75 Å². The largest absolute Gasteiger partial charge is 0.493 e. The van der Waals surface area contributed by atoms with Crippen LogP contribution in [0.25, 0.3) is 0 Å². The Labute approximate surface area is 128 Å². The third kappa shape index (κ3) is 5.64. The molecule has 2 rings (SSSR count). The first-order valence-corrected chi connectivity index (χ1v) is 7.85. The molecule has 0 spiro atoms. The van der Waals surface area contributed by atoms with Crippen molar-refractivity contribution in [3.8, 4) is 5.75 Å². The van der Waals surface area contributed by atoms with Crippen LogP contribution in [0.1, 0.15) is 44.9 Å². The van der Waals surface area contributed by atoms with Crippen molar-refractivity contribution in [2.75, 3.05) is 19.8 Å². The summed E-state index contributed by atoms with van der Waals surface area (Å²) in [5.41, 5.74) is 2.21. The van der Waals surface area contributed by atoms with Crippen LogP contribution < -0.4 is 10.1 Å². The summed E-state index contributed by atoms with van der Waals surface area (Å²) in [5, 5.41) is 3.50. The summed E-state index contributed by atoms with van der Waals surface area (Å²) in [6, 6.07) is 2.04. The van der Waals surface area contributed by atoms with Gasteiger partial charge in [-0.3, -0.25) is 4.98 Å². The van der Waals surface area contributed by atoms with Gasteiger partial charge in [-0.2, -0.15) is 0 Å². The monoisotopic (exact) mass is 292 g/mol. The smallest absolute Gasteiger partial charge is 0.127 e. The van der Waals surface area contributed by atoms with Crippen LogP contribution in [-0.4, -0.2) is 30.3 Å². The second kappa shape index (κ2) is 7.23. The quantitative estimate of drug-likeness (QED) is 0.905. The topological polar surface area (TPSA) is 43.4 Å². The fourth-order valence-electron chi connectivity index (χ4n) is 2.31. The summed E-state index contributed by atoms with van der Waals surface area (Å²) in [5.74, 6) is 1.57. The lowest BCUT2D eigenvalue weighted by Gasteiger charge is -2.24. The number of hydrogen-bond acceptors (Lipinski definition) is 4. The van der Waals surface area contributed by atoms with E-state index < -0.39 is 0 Å². The van der Waals surface area contributed by atoms with Crippen molar-refractivity contribution in [2.45, 2.75) is 52.6 Å². The first kappa shape index (κ1) is 16.2. The molecule has 0 saturated carbocycles. The lowest BCUT2D eigenvalue weighted by Crippen LogP contribution is -2.35. The van der Waals surface area contributed by atoms with Crippen molar-refractivity contribution in [1.82, 2.24) is 10.3 Å². The molecule has 1 aliphatic rings. The zero-order chi connectivity index (χ0) is 15.3. The van der Waals surface area contributed by atoms with Crippen LogP contribution in [-0.2, 0) is 11.3 Å². The highest BCUT2D eigenvalue weighted by Gasteiger charge is 2.16. The average molecular weight is 292 g/mol. The summed E-state index contributed by atoms with van der Waals surface area (Å²) in [6.45, 7) is 11.8. The normalized spacial score (nSPS) is 17.0. The molecule has 4 heteroatoms.